The van der Waals surface area contributed by atoms with E-state index in [1.165, 1.54) is 22.1 Å². The number of hydrogen-bond donors (Lipinski definition) is 0. The van der Waals surface area contributed by atoms with E-state index in [4.69, 9.17) is 0 Å². The number of nitrogens with zero attached hydrogens (tertiary/aromatic N) is 5. The molecule has 0 radical (unpaired) electrons. The van der Waals surface area contributed by atoms with Crippen LogP contribution in [0.15, 0.2) is 84.9 Å². The summed E-state index contributed by atoms with van der Waals surface area (Å²) in [6.45, 7) is 4.65. The van der Waals surface area contributed by atoms with Crippen LogP contribution >= 0.6 is 11.3 Å². The Morgan fingerprint density at radius 1 is 0.778 bits per heavy atom. The maximum atomic E-state index is 13.3. The van der Waals surface area contributed by atoms with Crippen LogP contribution in [0.1, 0.15) is 15.4 Å². The van der Waals surface area contributed by atoms with Gasteiger partial charge in [0.25, 0.3) is 5.91 Å². The van der Waals surface area contributed by atoms with Gasteiger partial charge in [0.1, 0.15) is 9.88 Å². The molecular formula is C29H25N5OS. The number of anilines is 1. The summed E-state index contributed by atoms with van der Waals surface area (Å²) in [5.41, 5.74) is 3.74. The molecule has 3 heterocycles. The molecule has 0 N–H and O–H groups in total. The van der Waals surface area contributed by atoms with Gasteiger partial charge in [-0.15, -0.1) is 21.5 Å². The van der Waals surface area contributed by atoms with Gasteiger partial charge in [0.2, 0.25) is 0 Å². The zero-order chi connectivity index (χ0) is 24.5. The maximum Gasteiger partial charge on any atom is 0.265 e. The van der Waals surface area contributed by atoms with Crippen molar-refractivity contribution in [1.29, 1.82) is 0 Å². The average Bonchev–Trinajstić information content (AvgIpc) is 3.34. The van der Waals surface area contributed by atoms with Gasteiger partial charge in [-0.05, 0) is 35.9 Å². The highest BCUT2D eigenvalue weighted by Gasteiger charge is 2.26. The summed E-state index contributed by atoms with van der Waals surface area (Å²) >= 11 is 1.47. The standard InChI is InChI=1S/C29H25N5OS/c1-20-27(36-28(30-20)22-8-3-2-4-9-22)29(35)34-17-15-33(16-18-34)26-14-13-25(31-32-26)24-12-11-21-7-5-6-10-23(21)19-24/h2-14,19H,15-18H2,1H3. The normalized spacial score (nSPS) is 13.8. The molecule has 1 aliphatic heterocycles. The molecule has 0 unspecified atom stereocenters. The van der Waals surface area contributed by atoms with E-state index in [-0.39, 0.29) is 5.91 Å². The summed E-state index contributed by atoms with van der Waals surface area (Å²) in [6, 6.07) is 28.7. The Labute approximate surface area is 213 Å². The Morgan fingerprint density at radius 2 is 1.53 bits per heavy atom. The van der Waals surface area contributed by atoms with Crippen LogP contribution in [0.3, 0.4) is 0 Å². The van der Waals surface area contributed by atoms with Crippen LogP contribution in [0, 0.1) is 6.92 Å². The van der Waals surface area contributed by atoms with Crippen LogP contribution in [0.4, 0.5) is 5.82 Å². The molecule has 0 saturated carbocycles. The van der Waals surface area contributed by atoms with Gasteiger partial charge in [0.05, 0.1) is 11.4 Å². The fourth-order valence-corrected chi connectivity index (χ4v) is 5.62. The van der Waals surface area contributed by atoms with Crippen molar-refractivity contribution in [3.8, 4) is 21.8 Å². The molecule has 2 aromatic heterocycles. The van der Waals surface area contributed by atoms with E-state index in [1.807, 2.05) is 66.4 Å². The predicted octanol–water partition coefficient (Wildman–Crippen LogP) is 5.69. The third-order valence-corrected chi connectivity index (χ3v) is 7.79. The molecule has 6 nitrogen and oxygen atoms in total. The fourth-order valence-electron chi connectivity index (χ4n) is 4.58. The van der Waals surface area contributed by atoms with Crippen LogP contribution in [-0.2, 0) is 0 Å². The topological polar surface area (TPSA) is 62.2 Å². The lowest BCUT2D eigenvalue weighted by Gasteiger charge is -2.35. The average molecular weight is 492 g/mol. The van der Waals surface area contributed by atoms with E-state index in [2.05, 4.69) is 50.4 Å². The van der Waals surface area contributed by atoms with Crippen molar-refractivity contribution in [3.63, 3.8) is 0 Å². The van der Waals surface area contributed by atoms with E-state index < -0.39 is 0 Å². The van der Waals surface area contributed by atoms with Crippen molar-refractivity contribution >= 4 is 33.8 Å². The van der Waals surface area contributed by atoms with Crippen LogP contribution in [-0.4, -0.2) is 52.2 Å². The number of rotatable bonds is 4. The number of aryl methyl sites for hydroxylation is 1. The lowest BCUT2D eigenvalue weighted by molar-refractivity contribution is 0.0750. The Morgan fingerprint density at radius 3 is 2.28 bits per heavy atom. The smallest absolute Gasteiger partial charge is 0.265 e. The highest BCUT2D eigenvalue weighted by atomic mass is 32.1. The summed E-state index contributed by atoms with van der Waals surface area (Å²) in [4.78, 5) is 22.7. The molecule has 0 aliphatic carbocycles. The Balaban J connectivity index is 1.12. The molecule has 6 rings (SSSR count). The first kappa shape index (κ1) is 22.4. The van der Waals surface area contributed by atoms with Gasteiger partial charge in [-0.2, -0.15) is 0 Å². The maximum absolute atomic E-state index is 13.3. The molecule has 0 bridgehead atoms. The van der Waals surface area contributed by atoms with Crippen molar-refractivity contribution in [2.75, 3.05) is 31.1 Å². The van der Waals surface area contributed by atoms with E-state index in [1.54, 1.807) is 0 Å². The highest BCUT2D eigenvalue weighted by Crippen LogP contribution is 2.29. The summed E-state index contributed by atoms with van der Waals surface area (Å²) in [6.07, 6.45) is 0. The van der Waals surface area contributed by atoms with E-state index in [9.17, 15) is 4.79 Å². The first-order chi connectivity index (χ1) is 17.7. The summed E-state index contributed by atoms with van der Waals surface area (Å²) in [5, 5.41) is 12.3. The van der Waals surface area contributed by atoms with Crippen molar-refractivity contribution in [2.24, 2.45) is 0 Å². The molecule has 178 valence electrons. The second-order valence-corrected chi connectivity index (χ2v) is 9.92. The van der Waals surface area contributed by atoms with Gasteiger partial charge in [-0.3, -0.25) is 4.79 Å². The minimum atomic E-state index is 0.0598. The zero-order valence-electron chi connectivity index (χ0n) is 20.0. The Kier molecular flexibility index (Phi) is 5.91. The quantitative estimate of drug-likeness (QED) is 0.323. The summed E-state index contributed by atoms with van der Waals surface area (Å²) in [5.74, 6) is 0.900. The number of benzene rings is 3. The molecule has 7 heteroatoms. The largest absolute Gasteiger partial charge is 0.352 e. The fraction of sp³-hybridized carbons (Fsp3) is 0.172. The monoisotopic (exact) mass is 491 g/mol. The Bertz CT molecular complexity index is 1520. The van der Waals surface area contributed by atoms with Gasteiger partial charge in [-0.1, -0.05) is 66.7 Å². The molecule has 5 aromatic rings. The number of amides is 1. The van der Waals surface area contributed by atoms with Crippen LogP contribution in [0.2, 0.25) is 0 Å². The van der Waals surface area contributed by atoms with Gasteiger partial charge in [-0.25, -0.2) is 4.98 Å². The first-order valence-electron chi connectivity index (χ1n) is 12.1. The lowest BCUT2D eigenvalue weighted by atomic mass is 10.1. The number of fused-ring (bicyclic) bond motifs is 1. The number of aromatic nitrogens is 3. The SMILES string of the molecule is Cc1nc(-c2ccccc2)sc1C(=O)N1CCN(c2ccc(-c3ccc4ccccc4c3)nn2)CC1. The number of carbonyl (C=O) groups is 1. The van der Waals surface area contributed by atoms with Gasteiger partial charge in [0.15, 0.2) is 5.82 Å². The molecule has 1 aliphatic rings. The van der Waals surface area contributed by atoms with Gasteiger partial charge >= 0.3 is 0 Å². The minimum absolute atomic E-state index is 0.0598. The van der Waals surface area contributed by atoms with Crippen LogP contribution < -0.4 is 4.90 Å². The molecular weight excluding hydrogens is 466 g/mol. The summed E-state index contributed by atoms with van der Waals surface area (Å²) < 4.78 is 0. The summed E-state index contributed by atoms with van der Waals surface area (Å²) in [7, 11) is 0. The minimum Gasteiger partial charge on any atom is -0.352 e. The molecule has 36 heavy (non-hydrogen) atoms. The molecule has 1 fully saturated rings. The predicted molar refractivity (Wildman–Crippen MR) is 145 cm³/mol. The number of piperazine rings is 1. The van der Waals surface area contributed by atoms with Crippen molar-refractivity contribution < 1.29 is 4.79 Å². The Hall–Kier alpha value is -4.10. The van der Waals surface area contributed by atoms with Crippen molar-refractivity contribution in [3.05, 3.63) is 95.5 Å². The molecule has 0 atom stereocenters. The van der Waals surface area contributed by atoms with Crippen LogP contribution in [0.5, 0.6) is 0 Å². The zero-order valence-corrected chi connectivity index (χ0v) is 20.8. The second kappa shape index (κ2) is 9.51. The van der Waals surface area contributed by atoms with E-state index in [0.29, 0.717) is 13.1 Å². The van der Waals surface area contributed by atoms with Crippen LogP contribution in [0.25, 0.3) is 32.6 Å². The molecule has 1 amide bonds. The lowest BCUT2D eigenvalue weighted by Crippen LogP contribution is -2.49. The molecule has 0 spiro atoms. The van der Waals surface area contributed by atoms with E-state index in [0.717, 1.165) is 51.3 Å². The molecule has 1 saturated heterocycles. The van der Waals surface area contributed by atoms with Crippen molar-refractivity contribution in [2.45, 2.75) is 6.92 Å². The number of hydrogen-bond acceptors (Lipinski definition) is 6. The van der Waals surface area contributed by atoms with Gasteiger partial charge < -0.3 is 9.80 Å². The molecule has 3 aromatic carbocycles. The first-order valence-corrected chi connectivity index (χ1v) is 12.9. The van der Waals surface area contributed by atoms with E-state index >= 15 is 0 Å². The number of carbonyl (C=O) groups excluding carboxylic acids is 1. The third-order valence-electron chi connectivity index (χ3n) is 6.60. The van der Waals surface area contributed by atoms with Gasteiger partial charge in [0, 0.05) is 37.3 Å². The number of thiazole rings is 1. The second-order valence-electron chi connectivity index (χ2n) is 8.92. The van der Waals surface area contributed by atoms with Crippen molar-refractivity contribution in [1.82, 2.24) is 20.1 Å². The highest BCUT2D eigenvalue weighted by molar-refractivity contribution is 7.17. The third kappa shape index (κ3) is 4.33.